The second-order valence-corrected chi connectivity index (χ2v) is 17.3. The van der Waals surface area contributed by atoms with E-state index in [1.54, 1.807) is 0 Å². The van der Waals surface area contributed by atoms with Gasteiger partial charge < -0.3 is 4.90 Å². The van der Waals surface area contributed by atoms with E-state index in [1.807, 2.05) is 0 Å². The number of fused-ring (bicyclic) bond motifs is 5. The van der Waals surface area contributed by atoms with Crippen molar-refractivity contribution in [3.63, 3.8) is 0 Å². The molecular weight excluding hydrogens is 783 g/mol. The van der Waals surface area contributed by atoms with Crippen LogP contribution in [0.1, 0.15) is 23.6 Å². The molecule has 1 nitrogen and oxygen atoms in total. The van der Waals surface area contributed by atoms with Crippen molar-refractivity contribution in [1.29, 1.82) is 0 Å². The average Bonchev–Trinajstić information content (AvgIpc) is 3.66. The standard InChI is InChI=1S/C64H45N/c1-64(50-23-6-3-7-24-50)60-32-11-10-26-59(60)63-58(31-15-33-61(63)64)56-28-14-30-57-55(56)29-16-34-62(57)65(52-41-37-47(38-42-52)54-27-13-20-46-19-8-9-25-53(46)54)51-39-35-45(36-40-51)49-22-12-21-48(43-49)44-17-4-2-5-18-44/h2-43H,1H3. The van der Waals surface area contributed by atoms with Gasteiger partial charge in [-0.15, -0.1) is 0 Å². The zero-order valence-corrected chi connectivity index (χ0v) is 36.2. The van der Waals surface area contributed by atoms with Gasteiger partial charge in [0.05, 0.1) is 5.69 Å². The van der Waals surface area contributed by atoms with Crippen molar-refractivity contribution in [3.05, 3.63) is 271 Å². The molecule has 11 aromatic carbocycles. The zero-order valence-electron chi connectivity index (χ0n) is 36.2. The third-order valence-electron chi connectivity index (χ3n) is 13.8. The Balaban J connectivity index is 1.01. The van der Waals surface area contributed by atoms with Crippen molar-refractivity contribution in [2.45, 2.75) is 12.3 Å². The fraction of sp³-hybridized carbons (Fsp3) is 0.0312. The highest BCUT2D eigenvalue weighted by Gasteiger charge is 2.41. The molecule has 1 aliphatic rings. The number of benzene rings is 11. The van der Waals surface area contributed by atoms with Gasteiger partial charge in [-0.1, -0.05) is 218 Å². The lowest BCUT2D eigenvalue weighted by Gasteiger charge is -2.28. The van der Waals surface area contributed by atoms with E-state index in [0.29, 0.717) is 0 Å². The molecule has 1 aliphatic carbocycles. The van der Waals surface area contributed by atoms with Crippen LogP contribution < -0.4 is 4.90 Å². The van der Waals surface area contributed by atoms with Crippen molar-refractivity contribution in [2.75, 3.05) is 4.90 Å². The normalized spacial score (nSPS) is 14.0. The molecule has 0 saturated heterocycles. The van der Waals surface area contributed by atoms with Gasteiger partial charge in [0.25, 0.3) is 0 Å². The lowest BCUT2D eigenvalue weighted by molar-refractivity contribution is 0.714. The van der Waals surface area contributed by atoms with Gasteiger partial charge in [-0.3, -0.25) is 0 Å². The van der Waals surface area contributed by atoms with Gasteiger partial charge in [-0.05, 0) is 132 Å². The molecule has 0 saturated carbocycles. The first-order valence-corrected chi connectivity index (χ1v) is 22.6. The smallest absolute Gasteiger partial charge is 0.0540 e. The molecule has 11 aromatic rings. The molecule has 12 rings (SSSR count). The van der Waals surface area contributed by atoms with E-state index in [9.17, 15) is 0 Å². The summed E-state index contributed by atoms with van der Waals surface area (Å²) in [4.78, 5) is 2.43. The second-order valence-electron chi connectivity index (χ2n) is 17.3. The fourth-order valence-electron chi connectivity index (χ4n) is 10.6. The minimum Gasteiger partial charge on any atom is -0.310 e. The summed E-state index contributed by atoms with van der Waals surface area (Å²) < 4.78 is 0. The van der Waals surface area contributed by atoms with Crippen LogP contribution in [0.2, 0.25) is 0 Å². The van der Waals surface area contributed by atoms with E-state index in [4.69, 9.17) is 0 Å². The zero-order chi connectivity index (χ0) is 43.3. The lowest BCUT2D eigenvalue weighted by Crippen LogP contribution is -2.22. The summed E-state index contributed by atoms with van der Waals surface area (Å²) in [6.45, 7) is 2.40. The van der Waals surface area contributed by atoms with E-state index in [-0.39, 0.29) is 5.41 Å². The van der Waals surface area contributed by atoms with E-state index in [1.165, 1.54) is 93.9 Å². The van der Waals surface area contributed by atoms with Crippen LogP contribution in [0.25, 0.3) is 77.2 Å². The van der Waals surface area contributed by atoms with Gasteiger partial charge >= 0.3 is 0 Å². The predicted molar refractivity (Wildman–Crippen MR) is 275 cm³/mol. The van der Waals surface area contributed by atoms with Crippen LogP contribution in [0.4, 0.5) is 17.1 Å². The Kier molecular flexibility index (Phi) is 9.35. The van der Waals surface area contributed by atoms with E-state index in [0.717, 1.165) is 17.1 Å². The third kappa shape index (κ3) is 6.47. The number of hydrogen-bond donors (Lipinski definition) is 0. The van der Waals surface area contributed by atoms with Crippen LogP contribution in [-0.4, -0.2) is 0 Å². The maximum atomic E-state index is 2.43. The van der Waals surface area contributed by atoms with Crippen LogP contribution in [0.3, 0.4) is 0 Å². The number of rotatable bonds is 8. The molecule has 0 aliphatic heterocycles. The molecule has 306 valence electrons. The highest BCUT2D eigenvalue weighted by atomic mass is 15.1. The van der Waals surface area contributed by atoms with Crippen molar-refractivity contribution >= 4 is 38.6 Å². The predicted octanol–water partition coefficient (Wildman–Crippen LogP) is 17.5. The van der Waals surface area contributed by atoms with Gasteiger partial charge in [0, 0.05) is 22.2 Å². The highest BCUT2D eigenvalue weighted by molar-refractivity contribution is 6.09. The quantitative estimate of drug-likeness (QED) is 0.147. The maximum absolute atomic E-state index is 2.43. The monoisotopic (exact) mass is 827 g/mol. The number of hydrogen-bond acceptors (Lipinski definition) is 1. The van der Waals surface area contributed by atoms with Gasteiger partial charge in [-0.2, -0.15) is 0 Å². The summed E-state index contributed by atoms with van der Waals surface area (Å²) >= 11 is 0. The summed E-state index contributed by atoms with van der Waals surface area (Å²) in [6.07, 6.45) is 0. The Morgan fingerprint density at radius 3 is 1.58 bits per heavy atom. The first-order chi connectivity index (χ1) is 32.1. The first kappa shape index (κ1) is 38.4. The SMILES string of the molecule is CC1(c2ccccc2)c2ccccc2-c2c(-c3cccc4c(N(c5ccc(-c6cccc(-c7ccccc7)c6)cc5)c5ccc(-c6cccc7ccccc67)cc5)cccc34)cccc21. The van der Waals surface area contributed by atoms with Gasteiger partial charge in [-0.25, -0.2) is 0 Å². The summed E-state index contributed by atoms with van der Waals surface area (Å²) in [5, 5.41) is 4.91. The lowest BCUT2D eigenvalue weighted by atomic mass is 9.74. The van der Waals surface area contributed by atoms with Crippen LogP contribution in [0.5, 0.6) is 0 Å². The molecule has 0 N–H and O–H groups in total. The van der Waals surface area contributed by atoms with Crippen molar-refractivity contribution in [1.82, 2.24) is 0 Å². The van der Waals surface area contributed by atoms with Crippen molar-refractivity contribution in [3.8, 4) is 55.6 Å². The molecule has 1 unspecified atom stereocenters. The summed E-state index contributed by atoms with van der Waals surface area (Å²) in [6, 6.07) is 93.5. The Labute approximate surface area is 381 Å². The van der Waals surface area contributed by atoms with Crippen LogP contribution >= 0.6 is 0 Å². The first-order valence-electron chi connectivity index (χ1n) is 22.6. The van der Waals surface area contributed by atoms with Gasteiger partial charge in [0.1, 0.15) is 0 Å². The topological polar surface area (TPSA) is 3.24 Å². The third-order valence-corrected chi connectivity index (χ3v) is 13.8. The fourth-order valence-corrected chi connectivity index (χ4v) is 10.6. The molecule has 1 atom stereocenters. The molecule has 0 fully saturated rings. The Morgan fingerprint density at radius 1 is 0.308 bits per heavy atom. The minimum atomic E-state index is -0.275. The van der Waals surface area contributed by atoms with Crippen molar-refractivity contribution in [2.24, 2.45) is 0 Å². The van der Waals surface area contributed by atoms with E-state index in [2.05, 4.69) is 267 Å². The van der Waals surface area contributed by atoms with E-state index < -0.39 is 0 Å². The Bertz CT molecular complexity index is 3530. The van der Waals surface area contributed by atoms with Gasteiger partial charge in [0.2, 0.25) is 0 Å². The highest BCUT2D eigenvalue weighted by Crippen LogP contribution is 2.56. The van der Waals surface area contributed by atoms with Gasteiger partial charge in [0.15, 0.2) is 0 Å². The summed E-state index contributed by atoms with van der Waals surface area (Å²) in [5.74, 6) is 0. The molecule has 65 heavy (non-hydrogen) atoms. The largest absolute Gasteiger partial charge is 0.310 e. The molecule has 0 aromatic heterocycles. The van der Waals surface area contributed by atoms with Crippen LogP contribution in [0.15, 0.2) is 255 Å². The number of nitrogens with zero attached hydrogens (tertiary/aromatic N) is 1. The summed E-state index contributed by atoms with van der Waals surface area (Å²) in [5.41, 5.74) is 19.4. The average molecular weight is 828 g/mol. The second kappa shape index (κ2) is 15.8. The Hall–Kier alpha value is -8.26. The van der Waals surface area contributed by atoms with E-state index >= 15 is 0 Å². The van der Waals surface area contributed by atoms with Crippen molar-refractivity contribution < 1.29 is 0 Å². The number of anilines is 3. The molecule has 0 spiro atoms. The minimum absolute atomic E-state index is 0.275. The molecular formula is C64H45N. The maximum Gasteiger partial charge on any atom is 0.0540 e. The van der Waals surface area contributed by atoms with Crippen LogP contribution in [-0.2, 0) is 5.41 Å². The molecule has 0 radical (unpaired) electrons. The molecule has 0 bridgehead atoms. The molecule has 1 heteroatoms. The molecule has 0 heterocycles. The summed E-state index contributed by atoms with van der Waals surface area (Å²) in [7, 11) is 0. The molecule has 0 amide bonds. The van der Waals surface area contributed by atoms with Crippen LogP contribution in [0, 0.1) is 0 Å². The Morgan fingerprint density at radius 2 is 0.800 bits per heavy atom.